The van der Waals surface area contributed by atoms with Crippen LogP contribution in [0.15, 0.2) is 66.9 Å². The number of benzene rings is 2. The van der Waals surface area contributed by atoms with E-state index in [1.807, 2.05) is 48.5 Å². The lowest BCUT2D eigenvalue weighted by Crippen LogP contribution is -2.28. The number of hydrogen-bond acceptors (Lipinski definition) is 3. The van der Waals surface area contributed by atoms with Crippen LogP contribution in [0.25, 0.3) is 10.9 Å². The second-order valence-corrected chi connectivity index (χ2v) is 4.80. The third kappa shape index (κ3) is 3.23. The van der Waals surface area contributed by atoms with Crippen LogP contribution in [0.3, 0.4) is 0 Å². The number of nitrogens with one attached hydrogen (secondary N) is 1. The van der Waals surface area contributed by atoms with E-state index in [0.29, 0.717) is 18.7 Å². The molecule has 1 amide bonds. The summed E-state index contributed by atoms with van der Waals surface area (Å²) in [5.41, 5.74) is 1.48. The molecular formula is C18H16N2O2. The van der Waals surface area contributed by atoms with Crippen LogP contribution in [0.2, 0.25) is 0 Å². The Morgan fingerprint density at radius 3 is 2.68 bits per heavy atom. The van der Waals surface area contributed by atoms with Gasteiger partial charge in [-0.3, -0.25) is 9.78 Å². The van der Waals surface area contributed by atoms with Crippen LogP contribution in [0.4, 0.5) is 0 Å². The zero-order valence-electron chi connectivity index (χ0n) is 12.0. The van der Waals surface area contributed by atoms with Crippen LogP contribution >= 0.6 is 0 Å². The second-order valence-electron chi connectivity index (χ2n) is 4.80. The molecule has 1 heterocycles. The first kappa shape index (κ1) is 14.1. The van der Waals surface area contributed by atoms with Crippen molar-refractivity contribution in [1.82, 2.24) is 10.3 Å². The highest BCUT2D eigenvalue weighted by atomic mass is 16.5. The van der Waals surface area contributed by atoms with E-state index in [-0.39, 0.29) is 5.91 Å². The molecule has 0 spiro atoms. The fourth-order valence-corrected chi connectivity index (χ4v) is 2.21. The molecule has 0 atom stereocenters. The minimum Gasteiger partial charge on any atom is -0.489 e. The third-order valence-corrected chi connectivity index (χ3v) is 3.28. The Labute approximate surface area is 128 Å². The van der Waals surface area contributed by atoms with Gasteiger partial charge in [0.2, 0.25) is 0 Å². The Kier molecular flexibility index (Phi) is 4.30. The molecule has 0 aliphatic carbocycles. The van der Waals surface area contributed by atoms with Crippen molar-refractivity contribution in [2.45, 2.75) is 0 Å². The van der Waals surface area contributed by atoms with Crippen molar-refractivity contribution >= 4 is 16.8 Å². The number of ether oxygens (including phenoxy) is 1. The van der Waals surface area contributed by atoms with Crippen LogP contribution in [0.5, 0.6) is 5.75 Å². The van der Waals surface area contributed by atoms with Gasteiger partial charge in [0.15, 0.2) is 0 Å². The molecule has 22 heavy (non-hydrogen) atoms. The lowest BCUT2D eigenvalue weighted by Gasteiger charge is -2.09. The normalized spacial score (nSPS) is 10.4. The van der Waals surface area contributed by atoms with Gasteiger partial charge in [0.05, 0.1) is 6.54 Å². The maximum absolute atomic E-state index is 11.9. The lowest BCUT2D eigenvalue weighted by molar-refractivity contribution is 0.0947. The Morgan fingerprint density at radius 2 is 1.82 bits per heavy atom. The number of rotatable bonds is 5. The van der Waals surface area contributed by atoms with E-state index in [4.69, 9.17) is 4.74 Å². The maximum atomic E-state index is 11.9. The van der Waals surface area contributed by atoms with Gasteiger partial charge in [0.1, 0.15) is 17.9 Å². The molecule has 110 valence electrons. The van der Waals surface area contributed by atoms with Crippen molar-refractivity contribution < 1.29 is 9.53 Å². The Bertz CT molecular complexity index is 767. The number of carbonyl (C=O) groups excluding carboxylic acids is 1. The van der Waals surface area contributed by atoms with Gasteiger partial charge < -0.3 is 10.1 Å². The Hall–Kier alpha value is -2.88. The van der Waals surface area contributed by atoms with E-state index in [1.165, 1.54) is 0 Å². The van der Waals surface area contributed by atoms with Crippen molar-refractivity contribution in [3.8, 4) is 5.75 Å². The summed E-state index contributed by atoms with van der Waals surface area (Å²) >= 11 is 0. The van der Waals surface area contributed by atoms with E-state index in [0.717, 1.165) is 16.7 Å². The van der Waals surface area contributed by atoms with E-state index in [2.05, 4.69) is 10.3 Å². The Balaban J connectivity index is 1.56. The topological polar surface area (TPSA) is 51.2 Å². The molecule has 0 saturated carbocycles. The van der Waals surface area contributed by atoms with E-state index in [1.54, 1.807) is 18.3 Å². The van der Waals surface area contributed by atoms with Gasteiger partial charge in [0.25, 0.3) is 5.91 Å². The van der Waals surface area contributed by atoms with Crippen LogP contribution in [-0.4, -0.2) is 24.0 Å². The molecule has 1 aromatic heterocycles. The number of amides is 1. The smallest absolute Gasteiger partial charge is 0.251 e. The molecule has 3 rings (SSSR count). The highest BCUT2D eigenvalue weighted by molar-refractivity contribution is 5.94. The molecule has 4 nitrogen and oxygen atoms in total. The largest absolute Gasteiger partial charge is 0.489 e. The summed E-state index contributed by atoms with van der Waals surface area (Å²) in [5.74, 6) is 0.632. The molecule has 0 aliphatic rings. The number of hydrogen-bond donors (Lipinski definition) is 1. The molecular weight excluding hydrogens is 276 g/mol. The second kappa shape index (κ2) is 6.72. The number of para-hydroxylation sites is 1. The van der Waals surface area contributed by atoms with Gasteiger partial charge in [-0.15, -0.1) is 0 Å². The summed E-state index contributed by atoms with van der Waals surface area (Å²) < 4.78 is 5.73. The van der Waals surface area contributed by atoms with Crippen LogP contribution in [0.1, 0.15) is 10.4 Å². The van der Waals surface area contributed by atoms with Crippen molar-refractivity contribution in [2.24, 2.45) is 0 Å². The molecule has 3 aromatic rings. The van der Waals surface area contributed by atoms with Gasteiger partial charge in [-0.2, -0.15) is 0 Å². The van der Waals surface area contributed by atoms with E-state index < -0.39 is 0 Å². The fourth-order valence-electron chi connectivity index (χ4n) is 2.21. The standard InChI is InChI=1S/C18H16N2O2/c21-18(15-6-2-1-3-7-15)20-12-13-22-16-10-4-8-14-9-5-11-19-17(14)16/h1-11H,12-13H2,(H,20,21). The van der Waals surface area contributed by atoms with E-state index >= 15 is 0 Å². The van der Waals surface area contributed by atoms with Crippen LogP contribution in [0, 0.1) is 0 Å². The average Bonchev–Trinajstić information content (AvgIpc) is 2.59. The van der Waals surface area contributed by atoms with Crippen molar-refractivity contribution in [1.29, 1.82) is 0 Å². The zero-order valence-corrected chi connectivity index (χ0v) is 12.0. The molecule has 0 saturated heterocycles. The molecule has 0 bridgehead atoms. The van der Waals surface area contributed by atoms with Crippen molar-refractivity contribution in [3.05, 3.63) is 72.4 Å². The number of nitrogens with zero attached hydrogens (tertiary/aromatic N) is 1. The monoisotopic (exact) mass is 292 g/mol. The van der Waals surface area contributed by atoms with Crippen molar-refractivity contribution in [2.75, 3.05) is 13.2 Å². The number of pyridine rings is 1. The van der Waals surface area contributed by atoms with Crippen molar-refractivity contribution in [3.63, 3.8) is 0 Å². The first-order chi connectivity index (χ1) is 10.8. The summed E-state index contributed by atoms with van der Waals surface area (Å²) in [6.07, 6.45) is 1.74. The number of fused-ring (bicyclic) bond motifs is 1. The molecule has 0 unspecified atom stereocenters. The molecule has 4 heteroatoms. The molecule has 1 N–H and O–H groups in total. The quantitative estimate of drug-likeness (QED) is 0.735. The van der Waals surface area contributed by atoms with Gasteiger partial charge in [-0.05, 0) is 24.3 Å². The predicted octanol–water partition coefficient (Wildman–Crippen LogP) is 3.04. The van der Waals surface area contributed by atoms with E-state index in [9.17, 15) is 4.79 Å². The fraction of sp³-hybridized carbons (Fsp3) is 0.111. The first-order valence-corrected chi connectivity index (χ1v) is 7.14. The minimum absolute atomic E-state index is 0.0970. The Morgan fingerprint density at radius 1 is 1.00 bits per heavy atom. The number of carbonyl (C=O) groups is 1. The highest BCUT2D eigenvalue weighted by Gasteiger charge is 2.05. The molecule has 0 aliphatic heterocycles. The maximum Gasteiger partial charge on any atom is 0.251 e. The average molecular weight is 292 g/mol. The van der Waals surface area contributed by atoms with Gasteiger partial charge in [0, 0.05) is 17.1 Å². The van der Waals surface area contributed by atoms with Gasteiger partial charge in [-0.1, -0.05) is 36.4 Å². The molecule has 0 fully saturated rings. The summed E-state index contributed by atoms with van der Waals surface area (Å²) in [5, 5.41) is 3.87. The SMILES string of the molecule is O=C(NCCOc1cccc2cccnc12)c1ccccc1. The van der Waals surface area contributed by atoms with Gasteiger partial charge >= 0.3 is 0 Å². The predicted molar refractivity (Wildman–Crippen MR) is 86.0 cm³/mol. The minimum atomic E-state index is -0.0970. The van der Waals surface area contributed by atoms with Crippen LogP contribution in [-0.2, 0) is 0 Å². The summed E-state index contributed by atoms with van der Waals surface area (Å²) in [6.45, 7) is 0.839. The zero-order chi connectivity index (χ0) is 15.2. The summed E-state index contributed by atoms with van der Waals surface area (Å²) in [4.78, 5) is 16.2. The first-order valence-electron chi connectivity index (χ1n) is 7.14. The number of aromatic nitrogens is 1. The highest BCUT2D eigenvalue weighted by Crippen LogP contribution is 2.22. The summed E-state index contributed by atoms with van der Waals surface area (Å²) in [7, 11) is 0. The van der Waals surface area contributed by atoms with Gasteiger partial charge in [-0.25, -0.2) is 0 Å². The third-order valence-electron chi connectivity index (χ3n) is 3.28. The lowest BCUT2D eigenvalue weighted by atomic mass is 10.2. The molecule has 2 aromatic carbocycles. The van der Waals surface area contributed by atoms with Crippen LogP contribution < -0.4 is 10.1 Å². The molecule has 0 radical (unpaired) electrons. The summed E-state index contributed by atoms with van der Waals surface area (Å²) in [6, 6.07) is 18.8.